The van der Waals surface area contributed by atoms with Crippen molar-refractivity contribution < 1.29 is 8.42 Å². The van der Waals surface area contributed by atoms with Crippen LogP contribution in [0.1, 0.15) is 43.9 Å². The van der Waals surface area contributed by atoms with Crippen LogP contribution in [0.4, 0.5) is 0 Å². The predicted molar refractivity (Wildman–Crippen MR) is 78.9 cm³/mol. The van der Waals surface area contributed by atoms with Crippen LogP contribution in [-0.2, 0) is 16.4 Å². The van der Waals surface area contributed by atoms with E-state index in [1.54, 1.807) is 6.07 Å². The molecule has 0 spiro atoms. The van der Waals surface area contributed by atoms with Gasteiger partial charge in [0.05, 0.1) is 0 Å². The zero-order valence-corrected chi connectivity index (χ0v) is 12.9. The van der Waals surface area contributed by atoms with Gasteiger partial charge >= 0.3 is 0 Å². The summed E-state index contributed by atoms with van der Waals surface area (Å²) in [6.07, 6.45) is 5.89. The van der Waals surface area contributed by atoms with Gasteiger partial charge in [0.25, 0.3) is 0 Å². The number of nitrogens with two attached hydrogens (primary N) is 1. The third kappa shape index (κ3) is 3.78. The third-order valence-corrected chi connectivity index (χ3v) is 6.84. The Morgan fingerprint density at radius 3 is 2.74 bits per heavy atom. The largest absolute Gasteiger partial charge is 0.326 e. The van der Waals surface area contributed by atoms with Crippen molar-refractivity contribution in [1.82, 2.24) is 4.72 Å². The first-order valence-electron chi connectivity index (χ1n) is 6.89. The summed E-state index contributed by atoms with van der Waals surface area (Å²) < 4.78 is 27.9. The molecule has 1 aromatic rings. The Kier molecular flexibility index (Phi) is 5.00. The molecule has 2 rings (SSSR count). The van der Waals surface area contributed by atoms with Gasteiger partial charge in [0.2, 0.25) is 10.0 Å². The molecule has 108 valence electrons. The summed E-state index contributed by atoms with van der Waals surface area (Å²) in [5.41, 5.74) is 6.07. The molecule has 0 aliphatic heterocycles. The monoisotopic (exact) mass is 302 g/mol. The second kappa shape index (κ2) is 6.35. The van der Waals surface area contributed by atoms with E-state index in [-0.39, 0.29) is 12.1 Å². The summed E-state index contributed by atoms with van der Waals surface area (Å²) in [5.74, 6) is 0. The van der Waals surface area contributed by atoms with Crippen molar-refractivity contribution in [3.8, 4) is 0 Å². The van der Waals surface area contributed by atoms with Crippen molar-refractivity contribution >= 4 is 21.4 Å². The standard InChI is InChI=1S/C13H22N2O2S2/c1-2-10-8-9-13(18-10)19(16,17)15-12-7-5-3-4-6-11(12)14/h8-9,11-12,15H,2-7,14H2,1H3. The molecule has 2 atom stereocenters. The first kappa shape index (κ1) is 15.0. The molecule has 1 aliphatic rings. The molecule has 2 unspecified atom stereocenters. The lowest BCUT2D eigenvalue weighted by Gasteiger charge is -2.22. The van der Waals surface area contributed by atoms with Crippen molar-refractivity contribution in [2.24, 2.45) is 5.73 Å². The van der Waals surface area contributed by atoms with Gasteiger partial charge in [-0.1, -0.05) is 26.2 Å². The Hall–Kier alpha value is -0.430. The first-order valence-corrected chi connectivity index (χ1v) is 9.19. The molecule has 1 fully saturated rings. The molecule has 19 heavy (non-hydrogen) atoms. The lowest BCUT2D eigenvalue weighted by atomic mass is 10.1. The highest BCUT2D eigenvalue weighted by atomic mass is 32.2. The number of thiophene rings is 1. The van der Waals surface area contributed by atoms with E-state index < -0.39 is 10.0 Å². The maximum atomic E-state index is 12.3. The van der Waals surface area contributed by atoms with Crippen molar-refractivity contribution in [2.75, 3.05) is 0 Å². The minimum Gasteiger partial charge on any atom is -0.326 e. The summed E-state index contributed by atoms with van der Waals surface area (Å²) in [6, 6.07) is 3.38. The van der Waals surface area contributed by atoms with Gasteiger partial charge in [0.15, 0.2) is 0 Å². The van der Waals surface area contributed by atoms with Crippen molar-refractivity contribution in [2.45, 2.75) is 61.7 Å². The molecule has 1 heterocycles. The van der Waals surface area contributed by atoms with Gasteiger partial charge in [-0.15, -0.1) is 11.3 Å². The number of nitrogens with one attached hydrogen (secondary N) is 1. The molecule has 6 heteroatoms. The Morgan fingerprint density at radius 1 is 1.32 bits per heavy atom. The fourth-order valence-corrected chi connectivity index (χ4v) is 5.07. The molecule has 0 aromatic carbocycles. The average Bonchev–Trinajstić information content (AvgIpc) is 2.78. The lowest BCUT2D eigenvalue weighted by molar-refractivity contribution is 0.457. The molecule has 0 saturated heterocycles. The van der Waals surface area contributed by atoms with Crippen molar-refractivity contribution in [3.05, 3.63) is 17.0 Å². The third-order valence-electron chi connectivity index (χ3n) is 3.63. The van der Waals surface area contributed by atoms with E-state index in [1.165, 1.54) is 11.3 Å². The fourth-order valence-electron chi connectivity index (χ4n) is 2.43. The average molecular weight is 302 g/mol. The summed E-state index contributed by atoms with van der Waals surface area (Å²) in [4.78, 5) is 1.09. The SMILES string of the molecule is CCc1ccc(S(=O)(=O)NC2CCCCCC2N)s1. The van der Waals surface area contributed by atoms with Crippen LogP contribution in [0, 0.1) is 0 Å². The Balaban J connectivity index is 2.11. The lowest BCUT2D eigenvalue weighted by Crippen LogP contribution is -2.46. The number of hydrogen-bond donors (Lipinski definition) is 2. The summed E-state index contributed by atoms with van der Waals surface area (Å²) in [6.45, 7) is 2.02. The molecule has 0 amide bonds. The van der Waals surface area contributed by atoms with Crippen LogP contribution in [0.5, 0.6) is 0 Å². The maximum absolute atomic E-state index is 12.3. The quantitative estimate of drug-likeness (QED) is 0.838. The Morgan fingerprint density at radius 2 is 2.05 bits per heavy atom. The highest BCUT2D eigenvalue weighted by Gasteiger charge is 2.26. The molecule has 4 nitrogen and oxygen atoms in total. The number of hydrogen-bond acceptors (Lipinski definition) is 4. The van der Waals surface area contributed by atoms with E-state index in [2.05, 4.69) is 4.72 Å². The van der Waals surface area contributed by atoms with E-state index in [0.717, 1.165) is 43.4 Å². The minimum absolute atomic E-state index is 0.0668. The smallest absolute Gasteiger partial charge is 0.250 e. The van der Waals surface area contributed by atoms with Crippen LogP contribution in [0.2, 0.25) is 0 Å². The van der Waals surface area contributed by atoms with E-state index in [0.29, 0.717) is 4.21 Å². The molecule has 1 aliphatic carbocycles. The van der Waals surface area contributed by atoms with Crippen LogP contribution in [0.25, 0.3) is 0 Å². The van der Waals surface area contributed by atoms with E-state index in [9.17, 15) is 8.42 Å². The minimum atomic E-state index is -3.41. The molecule has 1 saturated carbocycles. The molecule has 0 bridgehead atoms. The summed E-state index contributed by atoms with van der Waals surface area (Å²) in [7, 11) is -3.41. The van der Waals surface area contributed by atoms with Crippen LogP contribution in [0.3, 0.4) is 0 Å². The number of sulfonamides is 1. The maximum Gasteiger partial charge on any atom is 0.250 e. The second-order valence-electron chi connectivity index (χ2n) is 5.10. The molecule has 0 radical (unpaired) electrons. The molecule has 3 N–H and O–H groups in total. The van der Waals surface area contributed by atoms with Crippen LogP contribution in [0.15, 0.2) is 16.3 Å². The number of rotatable bonds is 4. The Labute approximate surface area is 119 Å². The highest BCUT2D eigenvalue weighted by Crippen LogP contribution is 2.24. The van der Waals surface area contributed by atoms with Crippen molar-refractivity contribution in [3.63, 3.8) is 0 Å². The van der Waals surface area contributed by atoms with Crippen molar-refractivity contribution in [1.29, 1.82) is 0 Å². The van der Waals surface area contributed by atoms with Gasteiger partial charge in [0, 0.05) is 17.0 Å². The van der Waals surface area contributed by atoms with Gasteiger partial charge in [-0.2, -0.15) is 0 Å². The second-order valence-corrected chi connectivity index (χ2v) is 8.21. The van der Waals surface area contributed by atoms with Crippen LogP contribution < -0.4 is 10.5 Å². The van der Waals surface area contributed by atoms with E-state index >= 15 is 0 Å². The van der Waals surface area contributed by atoms with Gasteiger partial charge in [-0.25, -0.2) is 13.1 Å². The highest BCUT2D eigenvalue weighted by molar-refractivity contribution is 7.91. The predicted octanol–water partition coefficient (Wildman–Crippen LogP) is 2.25. The molecular weight excluding hydrogens is 280 g/mol. The van der Waals surface area contributed by atoms with Gasteiger partial charge < -0.3 is 5.73 Å². The topological polar surface area (TPSA) is 72.2 Å². The normalized spacial score (nSPS) is 25.2. The van der Waals surface area contributed by atoms with Crippen LogP contribution >= 0.6 is 11.3 Å². The van der Waals surface area contributed by atoms with Gasteiger partial charge in [0.1, 0.15) is 4.21 Å². The molecular formula is C13H22N2O2S2. The van der Waals surface area contributed by atoms with E-state index in [4.69, 9.17) is 5.73 Å². The summed E-state index contributed by atoms with van der Waals surface area (Å²) in [5, 5.41) is 0. The van der Waals surface area contributed by atoms with Gasteiger partial charge in [-0.05, 0) is 31.4 Å². The van der Waals surface area contributed by atoms with E-state index in [1.807, 2.05) is 13.0 Å². The van der Waals surface area contributed by atoms with Crippen LogP contribution in [-0.4, -0.2) is 20.5 Å². The number of aryl methyl sites for hydroxylation is 1. The molecule has 1 aromatic heterocycles. The van der Waals surface area contributed by atoms with Gasteiger partial charge in [-0.3, -0.25) is 0 Å². The Bertz CT molecular complexity index is 510. The first-order chi connectivity index (χ1) is 9.03. The summed E-state index contributed by atoms with van der Waals surface area (Å²) >= 11 is 1.34. The zero-order chi connectivity index (χ0) is 13.9. The zero-order valence-electron chi connectivity index (χ0n) is 11.3. The fraction of sp³-hybridized carbons (Fsp3) is 0.692.